The molecule has 0 radical (unpaired) electrons. The highest BCUT2D eigenvalue weighted by atomic mass is 32.2. The zero-order valence-electron chi connectivity index (χ0n) is 17.3. The average Bonchev–Trinajstić information content (AvgIpc) is 2.78. The van der Waals surface area contributed by atoms with E-state index in [1.165, 1.54) is 36.7 Å². The third-order valence-corrected chi connectivity index (χ3v) is 6.51. The number of benzene rings is 3. The molecule has 7 nitrogen and oxygen atoms in total. The predicted molar refractivity (Wildman–Crippen MR) is 119 cm³/mol. The molecule has 0 spiro atoms. The van der Waals surface area contributed by atoms with Gasteiger partial charge in [-0.2, -0.15) is 0 Å². The van der Waals surface area contributed by atoms with Crippen LogP contribution in [0.4, 0.5) is 11.4 Å². The summed E-state index contributed by atoms with van der Waals surface area (Å²) in [5.74, 6) is -0.893. The highest BCUT2D eigenvalue weighted by Crippen LogP contribution is 2.23. The molecule has 0 saturated carbocycles. The van der Waals surface area contributed by atoms with Crippen LogP contribution in [0.25, 0.3) is 0 Å². The number of sulfonamides is 1. The van der Waals surface area contributed by atoms with Crippen LogP contribution in [0.5, 0.6) is 0 Å². The molecule has 160 valence electrons. The van der Waals surface area contributed by atoms with Gasteiger partial charge in [-0.15, -0.1) is 0 Å². The van der Waals surface area contributed by atoms with Crippen LogP contribution >= 0.6 is 0 Å². The molecule has 1 amide bonds. The maximum atomic E-state index is 12.8. The van der Waals surface area contributed by atoms with Crippen LogP contribution in [-0.2, 0) is 14.8 Å². The van der Waals surface area contributed by atoms with Crippen molar-refractivity contribution in [3.63, 3.8) is 0 Å². The summed E-state index contributed by atoms with van der Waals surface area (Å²) < 4.78 is 31.5. The van der Waals surface area contributed by atoms with Crippen molar-refractivity contribution in [1.82, 2.24) is 0 Å². The Morgan fingerprint density at radius 1 is 0.903 bits per heavy atom. The first-order valence-corrected chi connectivity index (χ1v) is 10.8. The van der Waals surface area contributed by atoms with Gasteiger partial charge in [-0.1, -0.05) is 23.8 Å². The van der Waals surface area contributed by atoms with Gasteiger partial charge in [0.1, 0.15) is 0 Å². The number of hydrogen-bond donors (Lipinski definition) is 1. The molecule has 0 aliphatic carbocycles. The first-order chi connectivity index (χ1) is 14.7. The van der Waals surface area contributed by atoms with Gasteiger partial charge in [0.2, 0.25) is 0 Å². The Labute approximate surface area is 181 Å². The Kier molecular flexibility index (Phi) is 6.41. The van der Waals surface area contributed by atoms with E-state index in [9.17, 15) is 18.0 Å². The molecule has 0 atom stereocenters. The number of carbonyl (C=O) groups excluding carboxylic acids is 2. The van der Waals surface area contributed by atoms with Crippen LogP contribution in [0.2, 0.25) is 0 Å². The number of nitrogens with one attached hydrogen (secondary N) is 1. The maximum absolute atomic E-state index is 12.8. The number of methoxy groups -OCH3 is 1. The lowest BCUT2D eigenvalue weighted by Crippen LogP contribution is -2.26. The number of rotatable bonds is 6. The third kappa shape index (κ3) is 4.92. The summed E-state index contributed by atoms with van der Waals surface area (Å²) in [7, 11) is -0.973. The summed E-state index contributed by atoms with van der Waals surface area (Å²) in [6.07, 6.45) is 0. The number of carbonyl (C=O) groups is 2. The van der Waals surface area contributed by atoms with Gasteiger partial charge in [0.25, 0.3) is 15.9 Å². The number of esters is 1. The zero-order chi connectivity index (χ0) is 22.6. The Morgan fingerprint density at radius 3 is 2.16 bits per heavy atom. The lowest BCUT2D eigenvalue weighted by atomic mass is 10.1. The number of nitrogens with zero attached hydrogens (tertiary/aromatic N) is 1. The van der Waals surface area contributed by atoms with E-state index in [2.05, 4.69) is 10.1 Å². The molecule has 31 heavy (non-hydrogen) atoms. The Hall–Kier alpha value is -3.65. The first-order valence-electron chi connectivity index (χ1n) is 9.38. The van der Waals surface area contributed by atoms with Gasteiger partial charge < -0.3 is 10.1 Å². The van der Waals surface area contributed by atoms with Gasteiger partial charge in [0, 0.05) is 18.3 Å². The second kappa shape index (κ2) is 9.01. The zero-order valence-corrected chi connectivity index (χ0v) is 18.1. The van der Waals surface area contributed by atoms with Gasteiger partial charge in [-0.25, -0.2) is 13.2 Å². The van der Waals surface area contributed by atoms with Crippen LogP contribution in [0.15, 0.2) is 77.7 Å². The van der Waals surface area contributed by atoms with Gasteiger partial charge in [0.05, 0.1) is 23.3 Å². The topological polar surface area (TPSA) is 92.8 Å². The molecular weight excluding hydrogens is 416 g/mol. The van der Waals surface area contributed by atoms with Crippen molar-refractivity contribution in [3.8, 4) is 0 Å². The fourth-order valence-electron chi connectivity index (χ4n) is 2.87. The molecule has 0 aromatic heterocycles. The minimum atomic E-state index is -3.72. The third-order valence-electron chi connectivity index (χ3n) is 4.71. The van der Waals surface area contributed by atoms with Gasteiger partial charge in [-0.05, 0) is 61.5 Å². The normalized spacial score (nSPS) is 10.9. The molecule has 0 saturated heterocycles. The molecule has 0 fully saturated rings. The second-order valence-electron chi connectivity index (χ2n) is 6.86. The lowest BCUT2D eigenvalue weighted by molar-refractivity contribution is 0.0600. The molecule has 8 heteroatoms. The Balaban J connectivity index is 1.76. The molecular formula is C23H22N2O5S. The minimum absolute atomic E-state index is 0.188. The molecule has 0 aliphatic rings. The summed E-state index contributed by atoms with van der Waals surface area (Å²) in [6.45, 7) is 1.88. The van der Waals surface area contributed by atoms with Crippen LogP contribution in [0.1, 0.15) is 26.3 Å². The van der Waals surface area contributed by atoms with Crippen molar-refractivity contribution in [2.24, 2.45) is 0 Å². The van der Waals surface area contributed by atoms with Gasteiger partial charge in [-0.3, -0.25) is 9.10 Å². The number of ether oxygens (including phenoxy) is 1. The van der Waals surface area contributed by atoms with E-state index >= 15 is 0 Å². The van der Waals surface area contributed by atoms with E-state index in [-0.39, 0.29) is 4.90 Å². The van der Waals surface area contributed by atoms with Crippen molar-refractivity contribution in [2.45, 2.75) is 11.8 Å². The highest BCUT2D eigenvalue weighted by Gasteiger charge is 2.21. The van der Waals surface area contributed by atoms with Crippen molar-refractivity contribution in [2.75, 3.05) is 23.8 Å². The standard InChI is InChI=1S/C23H22N2O5S/c1-16-7-13-21(14-8-16)31(28,29)25(2)20-11-9-17(10-12-20)22(26)24-19-6-4-5-18(15-19)23(27)30-3/h4-15H,1-3H3,(H,24,26). The quantitative estimate of drug-likeness (QED) is 0.590. The van der Waals surface area contributed by atoms with Crippen molar-refractivity contribution in [1.29, 1.82) is 0 Å². The lowest BCUT2D eigenvalue weighted by Gasteiger charge is -2.20. The number of anilines is 2. The molecule has 0 unspecified atom stereocenters. The molecule has 3 aromatic rings. The molecule has 1 N–H and O–H groups in total. The number of amides is 1. The smallest absolute Gasteiger partial charge is 0.337 e. The van der Waals surface area contributed by atoms with E-state index in [0.717, 1.165) is 5.56 Å². The van der Waals surface area contributed by atoms with E-state index in [4.69, 9.17) is 0 Å². The summed E-state index contributed by atoms with van der Waals surface area (Å²) in [5, 5.41) is 2.71. The van der Waals surface area contributed by atoms with E-state index < -0.39 is 21.9 Å². The van der Waals surface area contributed by atoms with E-state index in [1.807, 2.05) is 6.92 Å². The van der Waals surface area contributed by atoms with Gasteiger partial charge >= 0.3 is 5.97 Å². The predicted octanol–water partition coefficient (Wildman–Crippen LogP) is 3.86. The van der Waals surface area contributed by atoms with Crippen LogP contribution in [-0.4, -0.2) is 34.5 Å². The van der Waals surface area contributed by atoms with Crippen molar-refractivity contribution >= 4 is 33.3 Å². The number of aryl methyl sites for hydroxylation is 1. The molecule has 0 aliphatic heterocycles. The van der Waals surface area contributed by atoms with Crippen LogP contribution < -0.4 is 9.62 Å². The van der Waals surface area contributed by atoms with E-state index in [0.29, 0.717) is 22.5 Å². The largest absolute Gasteiger partial charge is 0.465 e. The SMILES string of the molecule is COC(=O)c1cccc(NC(=O)c2ccc(N(C)S(=O)(=O)c3ccc(C)cc3)cc2)c1. The molecule has 0 bridgehead atoms. The summed E-state index contributed by atoms with van der Waals surface area (Å²) in [6, 6.07) is 19.2. The molecule has 3 rings (SSSR count). The van der Waals surface area contributed by atoms with E-state index in [1.54, 1.807) is 54.6 Å². The second-order valence-corrected chi connectivity index (χ2v) is 8.83. The molecule has 0 heterocycles. The maximum Gasteiger partial charge on any atom is 0.337 e. The van der Waals surface area contributed by atoms with Crippen LogP contribution in [0, 0.1) is 6.92 Å². The van der Waals surface area contributed by atoms with Crippen molar-refractivity contribution in [3.05, 3.63) is 89.5 Å². The highest BCUT2D eigenvalue weighted by molar-refractivity contribution is 7.92. The average molecular weight is 439 g/mol. The molecule has 3 aromatic carbocycles. The fraction of sp³-hybridized carbons (Fsp3) is 0.130. The summed E-state index contributed by atoms with van der Waals surface area (Å²) in [4.78, 5) is 24.4. The van der Waals surface area contributed by atoms with Crippen LogP contribution in [0.3, 0.4) is 0 Å². The Morgan fingerprint density at radius 2 is 1.55 bits per heavy atom. The first kappa shape index (κ1) is 22.0. The Bertz CT molecular complexity index is 1200. The van der Waals surface area contributed by atoms with Gasteiger partial charge in [0.15, 0.2) is 0 Å². The number of hydrogen-bond acceptors (Lipinski definition) is 5. The summed E-state index contributed by atoms with van der Waals surface area (Å²) in [5.41, 5.74) is 2.49. The summed E-state index contributed by atoms with van der Waals surface area (Å²) >= 11 is 0. The fourth-order valence-corrected chi connectivity index (χ4v) is 4.07. The van der Waals surface area contributed by atoms with Crippen molar-refractivity contribution < 1.29 is 22.7 Å². The monoisotopic (exact) mass is 438 g/mol. The minimum Gasteiger partial charge on any atom is -0.465 e.